The molecule has 0 atom stereocenters. The van der Waals surface area contributed by atoms with Crippen LogP contribution in [0.15, 0.2) is 61.1 Å². The molecule has 2 aromatic heterocycles. The number of pyridine rings is 1. The second-order valence-electron chi connectivity index (χ2n) is 5.95. The van der Waals surface area contributed by atoms with Crippen LogP contribution in [-0.4, -0.2) is 39.7 Å². The van der Waals surface area contributed by atoms with Crippen molar-refractivity contribution in [1.82, 2.24) is 25.4 Å². The summed E-state index contributed by atoms with van der Waals surface area (Å²) in [4.78, 5) is 28.6. The first-order valence-electron chi connectivity index (χ1n) is 8.79. The fraction of sp³-hybridized carbons (Fsp3) is 0.200. The lowest BCUT2D eigenvalue weighted by atomic mass is 10.1. The van der Waals surface area contributed by atoms with E-state index in [9.17, 15) is 9.59 Å². The minimum Gasteiger partial charge on any atom is -0.355 e. The van der Waals surface area contributed by atoms with E-state index in [1.165, 1.54) is 0 Å². The van der Waals surface area contributed by atoms with Crippen LogP contribution in [0.5, 0.6) is 0 Å². The maximum atomic E-state index is 12.7. The zero-order valence-corrected chi connectivity index (χ0v) is 15.1. The van der Waals surface area contributed by atoms with Crippen LogP contribution in [0.4, 0.5) is 0 Å². The van der Waals surface area contributed by atoms with Gasteiger partial charge in [0.2, 0.25) is 5.91 Å². The van der Waals surface area contributed by atoms with E-state index in [4.69, 9.17) is 0 Å². The number of rotatable bonds is 7. The summed E-state index contributed by atoms with van der Waals surface area (Å²) in [6, 6.07) is 13.2. The molecule has 2 amide bonds. The summed E-state index contributed by atoms with van der Waals surface area (Å²) in [6.45, 7) is 2.47. The third-order valence-corrected chi connectivity index (χ3v) is 3.90. The lowest BCUT2D eigenvalue weighted by molar-refractivity contribution is -0.120. The largest absolute Gasteiger partial charge is 0.355 e. The van der Waals surface area contributed by atoms with E-state index < -0.39 is 0 Å². The van der Waals surface area contributed by atoms with Gasteiger partial charge in [-0.05, 0) is 30.7 Å². The molecule has 0 saturated carbocycles. The van der Waals surface area contributed by atoms with Crippen molar-refractivity contribution in [3.8, 4) is 16.9 Å². The molecule has 0 saturated heterocycles. The fourth-order valence-electron chi connectivity index (χ4n) is 2.55. The van der Waals surface area contributed by atoms with Crippen molar-refractivity contribution in [3.05, 3.63) is 66.6 Å². The number of para-hydroxylation sites is 1. The molecule has 3 rings (SSSR count). The van der Waals surface area contributed by atoms with Crippen LogP contribution in [-0.2, 0) is 4.79 Å². The van der Waals surface area contributed by atoms with Gasteiger partial charge in [0, 0.05) is 30.7 Å². The molecule has 0 unspecified atom stereocenters. The molecule has 2 heterocycles. The number of amides is 2. The lowest BCUT2D eigenvalue weighted by Crippen LogP contribution is -2.37. The third kappa shape index (κ3) is 4.58. The van der Waals surface area contributed by atoms with Crippen molar-refractivity contribution >= 4 is 11.8 Å². The molecule has 3 aromatic rings. The van der Waals surface area contributed by atoms with E-state index in [-0.39, 0.29) is 18.4 Å². The minimum atomic E-state index is -0.359. The summed E-state index contributed by atoms with van der Waals surface area (Å²) >= 11 is 0. The van der Waals surface area contributed by atoms with Crippen LogP contribution < -0.4 is 10.6 Å². The number of nitrogens with zero attached hydrogens (tertiary/aromatic N) is 3. The van der Waals surface area contributed by atoms with Crippen molar-refractivity contribution in [1.29, 1.82) is 0 Å². The van der Waals surface area contributed by atoms with Gasteiger partial charge in [0.05, 0.1) is 17.8 Å². The average molecular weight is 363 g/mol. The number of carbonyl (C=O) groups excluding carboxylic acids is 2. The minimum absolute atomic E-state index is 0.0815. The molecule has 27 heavy (non-hydrogen) atoms. The second-order valence-corrected chi connectivity index (χ2v) is 5.95. The molecule has 138 valence electrons. The molecule has 1 aromatic carbocycles. The van der Waals surface area contributed by atoms with Gasteiger partial charge in [-0.3, -0.25) is 14.6 Å². The predicted octanol–water partition coefficient (Wildman–Crippen LogP) is 2.19. The van der Waals surface area contributed by atoms with Crippen molar-refractivity contribution < 1.29 is 9.59 Å². The van der Waals surface area contributed by atoms with Crippen LogP contribution in [0, 0.1) is 0 Å². The molecule has 0 aliphatic heterocycles. The Kier molecular flexibility index (Phi) is 5.94. The quantitative estimate of drug-likeness (QED) is 0.673. The van der Waals surface area contributed by atoms with Crippen molar-refractivity contribution in [2.45, 2.75) is 13.3 Å². The SMILES string of the molecule is CCCNC(=O)CNC(=O)c1cn(-c2ccccc2)nc1-c1cccnc1. The van der Waals surface area contributed by atoms with Crippen molar-refractivity contribution in [3.63, 3.8) is 0 Å². The first-order valence-corrected chi connectivity index (χ1v) is 8.79. The highest BCUT2D eigenvalue weighted by atomic mass is 16.2. The van der Waals surface area contributed by atoms with E-state index >= 15 is 0 Å². The van der Waals surface area contributed by atoms with Crippen LogP contribution in [0.25, 0.3) is 16.9 Å². The Balaban J connectivity index is 1.87. The Hall–Kier alpha value is -3.48. The highest BCUT2D eigenvalue weighted by molar-refractivity contribution is 6.01. The molecule has 2 N–H and O–H groups in total. The van der Waals surface area contributed by atoms with Crippen molar-refractivity contribution in [2.75, 3.05) is 13.1 Å². The number of carbonyl (C=O) groups is 2. The van der Waals surface area contributed by atoms with E-state index in [1.54, 1.807) is 29.3 Å². The zero-order valence-electron chi connectivity index (χ0n) is 15.1. The van der Waals surface area contributed by atoms with E-state index in [1.807, 2.05) is 43.3 Å². The fourth-order valence-corrected chi connectivity index (χ4v) is 2.55. The summed E-state index contributed by atoms with van der Waals surface area (Å²) in [6.07, 6.45) is 5.82. The first kappa shape index (κ1) is 18.3. The van der Waals surface area contributed by atoms with E-state index in [2.05, 4.69) is 20.7 Å². The summed E-state index contributed by atoms with van der Waals surface area (Å²) in [5, 5.41) is 9.95. The number of nitrogens with one attached hydrogen (secondary N) is 2. The highest BCUT2D eigenvalue weighted by Gasteiger charge is 2.19. The number of hydrogen-bond donors (Lipinski definition) is 2. The maximum Gasteiger partial charge on any atom is 0.255 e. The topological polar surface area (TPSA) is 88.9 Å². The molecular weight excluding hydrogens is 342 g/mol. The third-order valence-electron chi connectivity index (χ3n) is 3.90. The van der Waals surface area contributed by atoms with Gasteiger partial charge in [0.15, 0.2) is 0 Å². The van der Waals surface area contributed by atoms with Gasteiger partial charge in [0.1, 0.15) is 5.69 Å². The maximum absolute atomic E-state index is 12.7. The Labute approximate surface area is 157 Å². The molecule has 0 aliphatic carbocycles. The normalized spacial score (nSPS) is 10.4. The molecule has 0 bridgehead atoms. The monoisotopic (exact) mass is 363 g/mol. The Morgan fingerprint density at radius 3 is 2.59 bits per heavy atom. The van der Waals surface area contributed by atoms with Gasteiger partial charge >= 0.3 is 0 Å². The van der Waals surface area contributed by atoms with Gasteiger partial charge in [-0.25, -0.2) is 4.68 Å². The van der Waals surface area contributed by atoms with Gasteiger partial charge in [-0.1, -0.05) is 25.1 Å². The number of hydrogen-bond acceptors (Lipinski definition) is 4. The number of benzene rings is 1. The molecule has 0 fully saturated rings. The van der Waals surface area contributed by atoms with Crippen LogP contribution in [0.2, 0.25) is 0 Å². The lowest BCUT2D eigenvalue weighted by Gasteiger charge is -2.06. The van der Waals surface area contributed by atoms with Gasteiger partial charge in [-0.15, -0.1) is 0 Å². The van der Waals surface area contributed by atoms with E-state index in [0.29, 0.717) is 17.8 Å². The van der Waals surface area contributed by atoms with Crippen molar-refractivity contribution in [2.24, 2.45) is 0 Å². The average Bonchev–Trinajstić information content (AvgIpc) is 3.17. The second kappa shape index (κ2) is 8.75. The first-order chi connectivity index (χ1) is 13.2. The van der Waals surface area contributed by atoms with Crippen LogP contribution >= 0.6 is 0 Å². The predicted molar refractivity (Wildman–Crippen MR) is 102 cm³/mol. The van der Waals surface area contributed by atoms with Gasteiger partial charge < -0.3 is 10.6 Å². The van der Waals surface area contributed by atoms with Gasteiger partial charge in [-0.2, -0.15) is 5.10 Å². The van der Waals surface area contributed by atoms with Crippen LogP contribution in [0.1, 0.15) is 23.7 Å². The van der Waals surface area contributed by atoms with Crippen LogP contribution in [0.3, 0.4) is 0 Å². The van der Waals surface area contributed by atoms with E-state index in [0.717, 1.165) is 17.7 Å². The Morgan fingerprint density at radius 1 is 1.07 bits per heavy atom. The smallest absolute Gasteiger partial charge is 0.255 e. The van der Waals surface area contributed by atoms with Gasteiger partial charge in [0.25, 0.3) is 5.91 Å². The molecule has 7 heteroatoms. The summed E-state index contributed by atoms with van der Waals surface area (Å²) < 4.78 is 1.65. The summed E-state index contributed by atoms with van der Waals surface area (Å²) in [7, 11) is 0. The highest BCUT2D eigenvalue weighted by Crippen LogP contribution is 2.23. The Bertz CT molecular complexity index is 907. The molecule has 0 spiro atoms. The molecular formula is C20H21N5O2. The zero-order chi connectivity index (χ0) is 19.1. The summed E-state index contributed by atoms with van der Waals surface area (Å²) in [5.41, 5.74) is 2.46. The molecule has 7 nitrogen and oxygen atoms in total. The molecule has 0 radical (unpaired) electrons. The molecule has 0 aliphatic rings. The standard InChI is InChI=1S/C20H21N5O2/c1-2-10-22-18(26)13-23-20(27)17-14-25(16-8-4-3-5-9-16)24-19(17)15-7-6-11-21-12-15/h3-9,11-12,14H,2,10,13H2,1H3,(H,22,26)(H,23,27). The number of aromatic nitrogens is 3. The summed E-state index contributed by atoms with van der Waals surface area (Å²) in [5.74, 6) is -0.578. The Morgan fingerprint density at radius 2 is 1.89 bits per heavy atom.